The molecule has 5 rings (SSSR count). The van der Waals surface area contributed by atoms with Crippen molar-refractivity contribution in [2.75, 3.05) is 56.8 Å². The summed E-state index contributed by atoms with van der Waals surface area (Å²) in [4.78, 5) is 36.9. The number of pyridine rings is 1. The molecule has 2 aliphatic heterocycles. The number of rotatable bonds is 17. The van der Waals surface area contributed by atoms with E-state index < -0.39 is 11.7 Å². The predicted octanol–water partition coefficient (Wildman–Crippen LogP) is 4.37. The Labute approximate surface area is 284 Å². The number of hydrogen-bond donors (Lipinski definition) is 3. The average molecular weight is 673 g/mol. The molecule has 48 heavy (non-hydrogen) atoms. The van der Waals surface area contributed by atoms with Crippen LogP contribution in [0.3, 0.4) is 0 Å². The fraction of sp³-hybridized carbons (Fsp3) is 0.333. The van der Waals surface area contributed by atoms with Crippen LogP contribution in [0.4, 0.5) is 15.8 Å². The average Bonchev–Trinajstić information content (AvgIpc) is 3.54. The molecule has 0 saturated carbocycles. The number of amides is 2. The zero-order valence-electron chi connectivity index (χ0n) is 26.9. The number of thioether (sulfide) groups is 1. The van der Waals surface area contributed by atoms with E-state index in [2.05, 4.69) is 27.8 Å². The number of nitrogens with zero attached hydrogens (tertiary/aromatic N) is 3. The molecule has 252 valence electrons. The largest absolute Gasteiger partial charge is 0.378 e. The van der Waals surface area contributed by atoms with Crippen molar-refractivity contribution < 1.29 is 23.5 Å². The number of anilines is 2. The van der Waals surface area contributed by atoms with Crippen LogP contribution in [-0.2, 0) is 32.0 Å². The van der Waals surface area contributed by atoms with E-state index in [1.807, 2.05) is 36.5 Å². The molecule has 2 atom stereocenters. The molecule has 1 aromatic heterocycles. The zero-order chi connectivity index (χ0) is 33.7. The van der Waals surface area contributed by atoms with Gasteiger partial charge in [-0.1, -0.05) is 30.3 Å². The Morgan fingerprint density at radius 2 is 1.85 bits per heavy atom. The number of halogens is 1. The number of allylic oxidation sites excluding steroid dienone is 1. The number of hydrogen-bond acceptors (Lipinski definition) is 9. The molecule has 2 aromatic carbocycles. The van der Waals surface area contributed by atoms with Crippen molar-refractivity contribution in [3.8, 4) is 0 Å². The summed E-state index contributed by atoms with van der Waals surface area (Å²) >= 11 is 1.69. The standard InChI is InChI=1S/C36H41FN6O4S/c1-43(29-5-3-2-4-6-29)35(45)22-34(44)42-28-9-8-26(30(37)20-28)19-27-11-13-40-32-21-33(48-36(27)32)31-10-7-25(24-41-31)23-39-14-16-47-18-17-46-15-12-38/h2-11,13,20-21,24,32,36,39H,12,14-19,22-23,38H2,1H3,(H,42,44). The molecule has 2 aliphatic rings. The van der Waals surface area contributed by atoms with Gasteiger partial charge in [-0.05, 0) is 65.6 Å². The summed E-state index contributed by atoms with van der Waals surface area (Å²) in [6.07, 6.45) is 7.79. The minimum atomic E-state index is -0.506. The summed E-state index contributed by atoms with van der Waals surface area (Å²) in [6, 6.07) is 17.7. The molecule has 3 heterocycles. The van der Waals surface area contributed by atoms with E-state index in [4.69, 9.17) is 20.2 Å². The second-order valence-corrected chi connectivity index (χ2v) is 12.5. The number of carbonyl (C=O) groups is 2. The van der Waals surface area contributed by atoms with Gasteiger partial charge in [0.05, 0.1) is 43.4 Å². The second-order valence-electron chi connectivity index (χ2n) is 11.3. The SMILES string of the molecule is CN(C(=O)CC(=O)Nc1ccc(CC2=CC=NC3C=C(c4ccc(CNCCOCCOCCN)cn4)SC23)c(F)c1)c1ccccc1. The third-order valence-corrected chi connectivity index (χ3v) is 9.26. The van der Waals surface area contributed by atoms with Crippen LogP contribution in [0.25, 0.3) is 4.91 Å². The smallest absolute Gasteiger partial charge is 0.236 e. The molecule has 12 heteroatoms. The highest BCUT2D eigenvalue weighted by Crippen LogP contribution is 2.45. The molecule has 0 bridgehead atoms. The highest BCUT2D eigenvalue weighted by molar-refractivity contribution is 8.09. The fourth-order valence-corrected chi connectivity index (χ4v) is 6.58. The topological polar surface area (TPSA) is 131 Å². The molecule has 0 fully saturated rings. The summed E-state index contributed by atoms with van der Waals surface area (Å²) < 4.78 is 26.1. The van der Waals surface area contributed by atoms with E-state index in [0.29, 0.717) is 62.9 Å². The Hall–Kier alpha value is -4.20. The van der Waals surface area contributed by atoms with Gasteiger partial charge in [0.2, 0.25) is 11.8 Å². The maximum absolute atomic E-state index is 15.3. The van der Waals surface area contributed by atoms with Gasteiger partial charge in [0.25, 0.3) is 0 Å². The van der Waals surface area contributed by atoms with Gasteiger partial charge in [-0.25, -0.2) is 4.39 Å². The minimum Gasteiger partial charge on any atom is -0.378 e. The van der Waals surface area contributed by atoms with Gasteiger partial charge in [0, 0.05) is 55.4 Å². The number of benzene rings is 2. The van der Waals surface area contributed by atoms with E-state index in [0.717, 1.165) is 28.3 Å². The third-order valence-electron chi connectivity index (χ3n) is 7.82. The maximum atomic E-state index is 15.3. The van der Waals surface area contributed by atoms with Crippen molar-refractivity contribution in [1.82, 2.24) is 10.3 Å². The van der Waals surface area contributed by atoms with Crippen LogP contribution in [-0.4, -0.2) is 80.9 Å². The first kappa shape index (κ1) is 35.1. The zero-order valence-corrected chi connectivity index (χ0v) is 27.8. The van der Waals surface area contributed by atoms with Crippen LogP contribution >= 0.6 is 11.8 Å². The van der Waals surface area contributed by atoms with Crippen molar-refractivity contribution in [3.05, 3.63) is 107 Å². The number of carbonyl (C=O) groups excluding carboxylic acids is 2. The van der Waals surface area contributed by atoms with Crippen molar-refractivity contribution in [1.29, 1.82) is 0 Å². The van der Waals surface area contributed by atoms with Crippen LogP contribution < -0.4 is 21.3 Å². The lowest BCUT2D eigenvalue weighted by Gasteiger charge is -2.22. The second kappa shape index (κ2) is 17.8. The number of nitrogens with two attached hydrogens (primary N) is 1. The van der Waals surface area contributed by atoms with Gasteiger partial charge in [0.15, 0.2) is 0 Å². The Balaban J connectivity index is 1.08. The summed E-state index contributed by atoms with van der Waals surface area (Å²) in [6.45, 7) is 4.17. The Kier molecular flexibility index (Phi) is 13.0. The molecule has 0 radical (unpaired) electrons. The van der Waals surface area contributed by atoms with Crippen molar-refractivity contribution in [2.24, 2.45) is 10.7 Å². The van der Waals surface area contributed by atoms with E-state index in [1.54, 1.807) is 49.3 Å². The molecular formula is C36H41FN6O4S. The number of ether oxygens (including phenoxy) is 2. The molecule has 10 nitrogen and oxygen atoms in total. The molecule has 4 N–H and O–H groups in total. The number of dihydropyridines is 1. The Bertz CT molecular complexity index is 1630. The third kappa shape index (κ3) is 9.91. The molecular weight excluding hydrogens is 631 g/mol. The summed E-state index contributed by atoms with van der Waals surface area (Å²) in [5.41, 5.74) is 9.92. The minimum absolute atomic E-state index is 0.0419. The van der Waals surface area contributed by atoms with E-state index in [1.165, 1.54) is 11.0 Å². The summed E-state index contributed by atoms with van der Waals surface area (Å²) in [5, 5.41) is 6.04. The number of fused-ring (bicyclic) bond motifs is 1. The molecule has 2 unspecified atom stereocenters. The van der Waals surface area contributed by atoms with Crippen molar-refractivity contribution >= 4 is 46.1 Å². The number of aliphatic imine (C=N–C) groups is 1. The molecule has 0 spiro atoms. The molecule has 0 saturated heterocycles. The first-order valence-corrected chi connectivity index (χ1v) is 16.8. The normalized spacial score (nSPS) is 16.6. The molecule has 2 amide bonds. The lowest BCUT2D eigenvalue weighted by Crippen LogP contribution is -2.30. The summed E-state index contributed by atoms with van der Waals surface area (Å²) in [7, 11) is 1.62. The van der Waals surface area contributed by atoms with E-state index in [9.17, 15) is 9.59 Å². The van der Waals surface area contributed by atoms with E-state index in [-0.39, 0.29) is 23.6 Å². The van der Waals surface area contributed by atoms with Crippen LogP contribution in [0.5, 0.6) is 0 Å². The van der Waals surface area contributed by atoms with Crippen LogP contribution in [0, 0.1) is 5.82 Å². The number of para-hydroxylation sites is 1. The van der Waals surface area contributed by atoms with Crippen LogP contribution in [0.1, 0.15) is 23.2 Å². The predicted molar refractivity (Wildman–Crippen MR) is 190 cm³/mol. The van der Waals surface area contributed by atoms with Gasteiger partial charge in [-0.3, -0.25) is 19.6 Å². The fourth-order valence-electron chi connectivity index (χ4n) is 5.25. The summed E-state index contributed by atoms with van der Waals surface area (Å²) in [5.74, 6) is -1.29. The first-order chi connectivity index (χ1) is 23.4. The molecule has 3 aromatic rings. The Morgan fingerprint density at radius 1 is 1.04 bits per heavy atom. The highest BCUT2D eigenvalue weighted by Gasteiger charge is 2.33. The van der Waals surface area contributed by atoms with Crippen LogP contribution in [0.2, 0.25) is 0 Å². The van der Waals surface area contributed by atoms with Gasteiger partial charge < -0.3 is 30.7 Å². The van der Waals surface area contributed by atoms with Crippen molar-refractivity contribution in [3.63, 3.8) is 0 Å². The first-order valence-electron chi connectivity index (χ1n) is 15.9. The molecule has 0 aliphatic carbocycles. The van der Waals surface area contributed by atoms with Gasteiger partial charge >= 0.3 is 0 Å². The van der Waals surface area contributed by atoms with Gasteiger partial charge in [-0.2, -0.15) is 0 Å². The van der Waals surface area contributed by atoms with Crippen molar-refractivity contribution in [2.45, 2.75) is 30.7 Å². The number of aromatic nitrogens is 1. The van der Waals surface area contributed by atoms with Crippen LogP contribution in [0.15, 0.2) is 89.6 Å². The Morgan fingerprint density at radius 3 is 2.60 bits per heavy atom. The van der Waals surface area contributed by atoms with E-state index >= 15 is 4.39 Å². The number of nitrogens with one attached hydrogen (secondary N) is 2. The lowest BCUT2D eigenvalue weighted by atomic mass is 9.96. The van der Waals surface area contributed by atoms with Gasteiger partial charge in [-0.15, -0.1) is 11.8 Å². The van der Waals surface area contributed by atoms with Gasteiger partial charge in [0.1, 0.15) is 12.2 Å². The quantitative estimate of drug-likeness (QED) is 0.142. The highest BCUT2D eigenvalue weighted by atomic mass is 32.2. The lowest BCUT2D eigenvalue weighted by molar-refractivity contribution is -0.125. The maximum Gasteiger partial charge on any atom is 0.236 e. The monoisotopic (exact) mass is 672 g/mol.